The number of nitrogens with zero attached hydrogens (tertiary/aromatic N) is 4. The van der Waals surface area contributed by atoms with Crippen molar-refractivity contribution in [3.63, 3.8) is 0 Å². The van der Waals surface area contributed by atoms with E-state index < -0.39 is 0 Å². The number of ether oxygens (including phenoxy) is 2. The summed E-state index contributed by atoms with van der Waals surface area (Å²) >= 11 is 0. The van der Waals surface area contributed by atoms with Crippen LogP contribution in [0.2, 0.25) is 0 Å². The minimum Gasteiger partial charge on any atom is -0.857 e. The predicted octanol–water partition coefficient (Wildman–Crippen LogP) is 4.08. The van der Waals surface area contributed by atoms with Crippen LogP contribution >= 0.6 is 0 Å². The van der Waals surface area contributed by atoms with Crippen LogP contribution in [0, 0.1) is 0 Å². The first-order valence-electron chi connectivity index (χ1n) is 11.6. The summed E-state index contributed by atoms with van der Waals surface area (Å²) in [5.74, 6) is 2.13. The fourth-order valence-electron chi connectivity index (χ4n) is 4.54. The van der Waals surface area contributed by atoms with Crippen LogP contribution in [0.1, 0.15) is 23.2 Å². The van der Waals surface area contributed by atoms with E-state index in [2.05, 4.69) is 27.1 Å². The molecule has 0 fully saturated rings. The SMILES string of the molecule is COc1ccc2c(c1)CCC(N=C([O-])c1ccc(N(C)c3nccc4ccc(OC)cc34)cn1)C2. The second-order valence-electron chi connectivity index (χ2n) is 8.65. The van der Waals surface area contributed by atoms with Gasteiger partial charge in [0.2, 0.25) is 0 Å². The summed E-state index contributed by atoms with van der Waals surface area (Å²) in [6, 6.07) is 17.5. The Kier molecular flexibility index (Phi) is 6.23. The van der Waals surface area contributed by atoms with E-state index in [1.54, 1.807) is 32.7 Å². The van der Waals surface area contributed by atoms with Crippen molar-refractivity contribution in [1.82, 2.24) is 9.97 Å². The van der Waals surface area contributed by atoms with Gasteiger partial charge in [0.1, 0.15) is 17.3 Å². The molecule has 1 atom stereocenters. The summed E-state index contributed by atoms with van der Waals surface area (Å²) in [4.78, 5) is 15.4. The molecule has 0 N–H and O–H groups in total. The number of anilines is 2. The third kappa shape index (κ3) is 4.62. The molecule has 5 rings (SSSR count). The number of benzene rings is 2. The van der Waals surface area contributed by atoms with Crippen LogP contribution in [-0.4, -0.2) is 43.2 Å². The number of hydrogen-bond acceptors (Lipinski definition) is 7. The van der Waals surface area contributed by atoms with E-state index in [1.807, 2.05) is 48.3 Å². The summed E-state index contributed by atoms with van der Waals surface area (Å²) in [6.07, 6.45) is 5.94. The molecule has 0 saturated heterocycles. The van der Waals surface area contributed by atoms with E-state index in [0.717, 1.165) is 53.0 Å². The molecule has 7 nitrogen and oxygen atoms in total. The van der Waals surface area contributed by atoms with E-state index in [0.29, 0.717) is 5.69 Å². The van der Waals surface area contributed by atoms with E-state index in [9.17, 15) is 5.11 Å². The minimum absolute atomic E-state index is 0.0394. The van der Waals surface area contributed by atoms with Crippen molar-refractivity contribution in [3.05, 3.63) is 83.8 Å². The van der Waals surface area contributed by atoms with Crippen molar-refractivity contribution in [3.8, 4) is 11.5 Å². The first kappa shape index (κ1) is 22.7. The van der Waals surface area contributed by atoms with Gasteiger partial charge in [0.05, 0.1) is 37.8 Å². The molecule has 1 aliphatic carbocycles. The number of rotatable bonds is 6. The second kappa shape index (κ2) is 9.62. The van der Waals surface area contributed by atoms with Crippen LogP contribution in [0.15, 0.2) is 72.0 Å². The summed E-state index contributed by atoms with van der Waals surface area (Å²) in [7, 11) is 5.25. The van der Waals surface area contributed by atoms with Gasteiger partial charge in [-0.1, -0.05) is 12.1 Å². The van der Waals surface area contributed by atoms with E-state index in [4.69, 9.17) is 9.47 Å². The lowest BCUT2D eigenvalue weighted by Gasteiger charge is -2.24. The van der Waals surface area contributed by atoms with Crippen LogP contribution in [0.5, 0.6) is 11.5 Å². The van der Waals surface area contributed by atoms with Gasteiger partial charge in [-0.2, -0.15) is 0 Å². The first-order chi connectivity index (χ1) is 17.1. The fourth-order valence-corrected chi connectivity index (χ4v) is 4.54. The van der Waals surface area contributed by atoms with Crippen LogP contribution in [0.4, 0.5) is 11.5 Å². The highest BCUT2D eigenvalue weighted by atomic mass is 16.5. The molecule has 1 unspecified atom stereocenters. The summed E-state index contributed by atoms with van der Waals surface area (Å²) in [6.45, 7) is 0. The molecule has 2 heterocycles. The lowest BCUT2D eigenvalue weighted by molar-refractivity contribution is -0.214. The Labute approximate surface area is 204 Å². The molecule has 7 heteroatoms. The van der Waals surface area contributed by atoms with Gasteiger partial charge in [-0.3, -0.25) is 9.98 Å². The number of pyridine rings is 2. The molecule has 2 aromatic carbocycles. The Morgan fingerprint density at radius 1 is 0.971 bits per heavy atom. The predicted molar refractivity (Wildman–Crippen MR) is 136 cm³/mol. The van der Waals surface area contributed by atoms with E-state index >= 15 is 0 Å². The molecule has 2 aromatic heterocycles. The summed E-state index contributed by atoms with van der Waals surface area (Å²) in [5, 5.41) is 14.9. The largest absolute Gasteiger partial charge is 0.857 e. The van der Waals surface area contributed by atoms with Crippen LogP contribution in [-0.2, 0) is 12.8 Å². The standard InChI is InChI=1S/C28H28N4O3/c1-32(27-25-16-24(35-3)9-5-18(25)12-13-29-27)22-8-11-26(30-17-22)28(33)31-21-7-4-20-15-23(34-2)10-6-19(20)14-21/h5-6,8-13,15-17,21H,4,7,14H2,1-3H3,(H,31,33)/p-1. The lowest BCUT2D eigenvalue weighted by Crippen LogP contribution is -2.26. The molecule has 0 radical (unpaired) electrons. The maximum atomic E-state index is 12.8. The number of hydrogen-bond donors (Lipinski definition) is 0. The zero-order valence-electron chi connectivity index (χ0n) is 20.1. The van der Waals surface area contributed by atoms with Crippen molar-refractivity contribution in [2.45, 2.75) is 25.3 Å². The average Bonchev–Trinajstić information content (AvgIpc) is 2.91. The Morgan fingerprint density at radius 2 is 1.77 bits per heavy atom. The smallest absolute Gasteiger partial charge is 0.140 e. The second-order valence-corrected chi connectivity index (χ2v) is 8.65. The zero-order valence-corrected chi connectivity index (χ0v) is 20.1. The number of aliphatic imine (C=N–C) groups is 1. The van der Waals surface area contributed by atoms with Gasteiger partial charge in [0.25, 0.3) is 0 Å². The van der Waals surface area contributed by atoms with E-state index in [-0.39, 0.29) is 11.9 Å². The molecule has 4 aromatic rings. The molecule has 0 bridgehead atoms. The van der Waals surface area contributed by atoms with Crippen molar-refractivity contribution >= 4 is 28.2 Å². The Bertz CT molecular complexity index is 1390. The highest BCUT2D eigenvalue weighted by molar-refractivity contribution is 5.95. The van der Waals surface area contributed by atoms with Crippen LogP contribution in [0.3, 0.4) is 0 Å². The third-order valence-electron chi connectivity index (χ3n) is 6.54. The number of aromatic nitrogens is 2. The molecule has 0 saturated carbocycles. The van der Waals surface area contributed by atoms with Gasteiger partial charge >= 0.3 is 0 Å². The maximum absolute atomic E-state index is 12.8. The van der Waals surface area contributed by atoms with Crippen LogP contribution < -0.4 is 19.5 Å². The molecule has 0 amide bonds. The molecule has 0 spiro atoms. The van der Waals surface area contributed by atoms with Gasteiger partial charge in [-0.25, -0.2) is 4.98 Å². The monoisotopic (exact) mass is 467 g/mol. The minimum atomic E-state index is -0.283. The van der Waals surface area contributed by atoms with Gasteiger partial charge < -0.3 is 19.5 Å². The number of aryl methyl sites for hydroxylation is 1. The highest BCUT2D eigenvalue weighted by Gasteiger charge is 2.18. The van der Waals surface area contributed by atoms with Gasteiger partial charge in [-0.05, 0) is 78.2 Å². The van der Waals surface area contributed by atoms with Gasteiger partial charge in [0, 0.05) is 24.5 Å². The molecule has 35 heavy (non-hydrogen) atoms. The molecular weight excluding hydrogens is 440 g/mol. The molecule has 0 aliphatic heterocycles. The quantitative estimate of drug-likeness (QED) is 0.314. The van der Waals surface area contributed by atoms with Crippen molar-refractivity contribution in [1.29, 1.82) is 0 Å². The number of methoxy groups -OCH3 is 2. The Hall–Kier alpha value is -4.13. The third-order valence-corrected chi connectivity index (χ3v) is 6.54. The molecule has 1 aliphatic rings. The lowest BCUT2D eigenvalue weighted by atomic mass is 9.88. The maximum Gasteiger partial charge on any atom is 0.140 e. The van der Waals surface area contributed by atoms with Crippen LogP contribution in [0.25, 0.3) is 10.8 Å². The fraction of sp³-hybridized carbons (Fsp3) is 0.250. The van der Waals surface area contributed by atoms with Crippen molar-refractivity contribution in [2.75, 3.05) is 26.2 Å². The Morgan fingerprint density at radius 3 is 2.54 bits per heavy atom. The van der Waals surface area contributed by atoms with Gasteiger partial charge in [0.15, 0.2) is 0 Å². The normalized spacial score (nSPS) is 15.5. The first-order valence-corrected chi connectivity index (χ1v) is 11.6. The average molecular weight is 468 g/mol. The Balaban J connectivity index is 1.34. The topological polar surface area (TPSA) is 82.9 Å². The zero-order chi connectivity index (χ0) is 24.4. The van der Waals surface area contributed by atoms with Crippen molar-refractivity contribution < 1.29 is 14.6 Å². The molecule has 178 valence electrons. The molecular formula is C28H27N4O3-. The van der Waals surface area contributed by atoms with Gasteiger partial charge in [-0.15, -0.1) is 0 Å². The number of fused-ring (bicyclic) bond motifs is 2. The van der Waals surface area contributed by atoms with E-state index in [1.165, 1.54) is 11.1 Å². The highest BCUT2D eigenvalue weighted by Crippen LogP contribution is 2.31. The summed E-state index contributed by atoms with van der Waals surface area (Å²) in [5.41, 5.74) is 3.66. The summed E-state index contributed by atoms with van der Waals surface area (Å²) < 4.78 is 10.7. The van der Waals surface area contributed by atoms with Crippen molar-refractivity contribution in [2.24, 2.45) is 4.99 Å².